The van der Waals surface area contributed by atoms with Crippen LogP contribution in [0.5, 0.6) is 0 Å². The average molecular weight is 291 g/mol. The van der Waals surface area contributed by atoms with Crippen molar-refractivity contribution in [3.8, 4) is 0 Å². The number of hydrogen-bond donors (Lipinski definition) is 3. The van der Waals surface area contributed by atoms with Gasteiger partial charge in [0.2, 0.25) is 0 Å². The van der Waals surface area contributed by atoms with E-state index in [0.717, 1.165) is 0 Å². The summed E-state index contributed by atoms with van der Waals surface area (Å²) in [5, 5.41) is 20.8. The first-order chi connectivity index (χ1) is 9.99. The van der Waals surface area contributed by atoms with E-state index >= 15 is 0 Å². The van der Waals surface area contributed by atoms with Gasteiger partial charge in [-0.3, -0.25) is 9.59 Å². The van der Waals surface area contributed by atoms with E-state index < -0.39 is 11.9 Å². The molecule has 0 heterocycles. The van der Waals surface area contributed by atoms with Crippen molar-refractivity contribution in [1.29, 1.82) is 0 Å². The van der Waals surface area contributed by atoms with Gasteiger partial charge >= 0.3 is 11.9 Å². The quantitative estimate of drug-likeness (QED) is 0.502. The van der Waals surface area contributed by atoms with Crippen LogP contribution in [0.3, 0.4) is 0 Å². The predicted molar refractivity (Wildman–Crippen MR) is 78.9 cm³/mol. The van der Waals surface area contributed by atoms with Crippen molar-refractivity contribution in [2.75, 3.05) is 11.9 Å². The molecule has 21 heavy (non-hydrogen) atoms. The first-order valence-electron chi connectivity index (χ1n) is 6.44. The molecule has 0 spiro atoms. The number of aldehydes is 1. The van der Waals surface area contributed by atoms with E-state index in [9.17, 15) is 19.5 Å². The van der Waals surface area contributed by atoms with Crippen LogP contribution in [0.25, 0.3) is 6.08 Å². The number of aliphatic carboxylic acids is 1. The number of aromatic carboxylic acids is 1. The SMILES string of the molecule is C/C=C/c1cc(C=O)cc(NCCCC(=O)O)c1C(=O)O. The Hall–Kier alpha value is -2.63. The van der Waals surface area contributed by atoms with E-state index in [-0.39, 0.29) is 12.0 Å². The maximum Gasteiger partial charge on any atom is 0.338 e. The Bertz CT molecular complexity index is 578. The zero-order chi connectivity index (χ0) is 15.8. The topological polar surface area (TPSA) is 104 Å². The molecule has 112 valence electrons. The number of anilines is 1. The summed E-state index contributed by atoms with van der Waals surface area (Å²) in [6, 6.07) is 2.95. The van der Waals surface area contributed by atoms with Crippen LogP contribution in [0, 0.1) is 0 Å². The van der Waals surface area contributed by atoms with Crippen molar-refractivity contribution in [3.05, 3.63) is 34.9 Å². The molecular weight excluding hydrogens is 274 g/mol. The second-order valence-electron chi connectivity index (χ2n) is 4.38. The van der Waals surface area contributed by atoms with E-state index in [1.807, 2.05) is 0 Å². The highest BCUT2D eigenvalue weighted by Crippen LogP contribution is 2.24. The number of carboxylic acids is 2. The number of nitrogens with one attached hydrogen (secondary N) is 1. The number of carbonyl (C=O) groups is 3. The molecule has 0 unspecified atom stereocenters. The Balaban J connectivity index is 3.08. The molecule has 0 saturated heterocycles. The second kappa shape index (κ2) is 7.84. The summed E-state index contributed by atoms with van der Waals surface area (Å²) in [6.07, 6.45) is 4.29. The van der Waals surface area contributed by atoms with Crippen molar-refractivity contribution >= 4 is 30.0 Å². The van der Waals surface area contributed by atoms with Crippen LogP contribution in [0.1, 0.15) is 46.0 Å². The van der Waals surface area contributed by atoms with Gasteiger partial charge in [0.05, 0.1) is 11.3 Å². The Morgan fingerprint density at radius 3 is 2.52 bits per heavy atom. The maximum atomic E-state index is 11.4. The van der Waals surface area contributed by atoms with Gasteiger partial charge in [-0.15, -0.1) is 0 Å². The third kappa shape index (κ3) is 4.76. The number of hydrogen-bond acceptors (Lipinski definition) is 4. The van der Waals surface area contributed by atoms with Gasteiger partial charge in [0.25, 0.3) is 0 Å². The molecule has 6 heteroatoms. The van der Waals surface area contributed by atoms with Crippen LogP contribution in [-0.4, -0.2) is 35.0 Å². The van der Waals surface area contributed by atoms with Gasteiger partial charge in [-0.1, -0.05) is 12.2 Å². The summed E-state index contributed by atoms with van der Waals surface area (Å²) in [7, 11) is 0. The van der Waals surface area contributed by atoms with Crippen molar-refractivity contribution in [2.24, 2.45) is 0 Å². The second-order valence-corrected chi connectivity index (χ2v) is 4.38. The molecule has 0 amide bonds. The Morgan fingerprint density at radius 2 is 2.00 bits per heavy atom. The number of carbonyl (C=O) groups excluding carboxylic acids is 1. The minimum Gasteiger partial charge on any atom is -0.481 e. The molecule has 0 aliphatic rings. The molecular formula is C15H17NO5. The molecule has 0 atom stereocenters. The van der Waals surface area contributed by atoms with Gasteiger partial charge < -0.3 is 15.5 Å². The summed E-state index contributed by atoms with van der Waals surface area (Å²) in [5.41, 5.74) is 1.16. The first-order valence-corrected chi connectivity index (χ1v) is 6.44. The zero-order valence-corrected chi connectivity index (χ0v) is 11.6. The number of benzene rings is 1. The molecule has 0 fully saturated rings. The number of allylic oxidation sites excluding steroid dienone is 1. The van der Waals surface area contributed by atoms with Crippen molar-refractivity contribution < 1.29 is 24.6 Å². The molecule has 0 aliphatic carbocycles. The summed E-state index contributed by atoms with van der Waals surface area (Å²) >= 11 is 0. The highest BCUT2D eigenvalue weighted by atomic mass is 16.4. The van der Waals surface area contributed by atoms with E-state index in [4.69, 9.17) is 5.11 Å². The van der Waals surface area contributed by atoms with Crippen molar-refractivity contribution in [3.63, 3.8) is 0 Å². The van der Waals surface area contributed by atoms with Gasteiger partial charge in [0, 0.05) is 18.5 Å². The van der Waals surface area contributed by atoms with Crippen LogP contribution in [0.2, 0.25) is 0 Å². The van der Waals surface area contributed by atoms with Gasteiger partial charge in [-0.25, -0.2) is 4.79 Å². The van der Waals surface area contributed by atoms with E-state index in [1.165, 1.54) is 12.1 Å². The fourth-order valence-electron chi connectivity index (χ4n) is 1.91. The molecule has 0 aliphatic heterocycles. The van der Waals surface area contributed by atoms with Crippen LogP contribution in [-0.2, 0) is 4.79 Å². The molecule has 0 saturated carbocycles. The van der Waals surface area contributed by atoms with Crippen LogP contribution in [0.4, 0.5) is 5.69 Å². The van der Waals surface area contributed by atoms with Crippen LogP contribution < -0.4 is 5.32 Å². The predicted octanol–water partition coefficient (Wildman–Crippen LogP) is 2.51. The molecule has 1 aromatic rings. The maximum absolute atomic E-state index is 11.4. The normalized spacial score (nSPS) is 10.5. The largest absolute Gasteiger partial charge is 0.481 e. The third-order valence-corrected chi connectivity index (χ3v) is 2.77. The lowest BCUT2D eigenvalue weighted by molar-refractivity contribution is -0.137. The monoisotopic (exact) mass is 291 g/mol. The number of rotatable bonds is 8. The Morgan fingerprint density at radius 1 is 1.29 bits per heavy atom. The first kappa shape index (κ1) is 16.4. The zero-order valence-electron chi connectivity index (χ0n) is 11.6. The fraction of sp³-hybridized carbons (Fsp3) is 0.267. The molecule has 0 bridgehead atoms. The lowest BCUT2D eigenvalue weighted by Crippen LogP contribution is -2.11. The molecule has 3 N–H and O–H groups in total. The Kier molecular flexibility index (Phi) is 6.13. The van der Waals surface area contributed by atoms with Crippen LogP contribution in [0.15, 0.2) is 18.2 Å². The van der Waals surface area contributed by atoms with E-state index in [1.54, 1.807) is 19.1 Å². The number of carboxylic acid groups (broad SMARTS) is 2. The minimum atomic E-state index is -1.11. The van der Waals surface area contributed by atoms with Crippen LogP contribution >= 0.6 is 0 Å². The van der Waals surface area contributed by atoms with E-state index in [0.29, 0.717) is 36.1 Å². The lowest BCUT2D eigenvalue weighted by atomic mass is 10.0. The molecule has 6 nitrogen and oxygen atoms in total. The standard InChI is InChI=1S/C15H17NO5/c1-2-4-11-7-10(9-17)8-12(14(11)15(20)21)16-6-3-5-13(18)19/h2,4,7-9,16H,3,5-6H2,1H3,(H,18,19)(H,20,21)/b4-2+. The highest BCUT2D eigenvalue weighted by Gasteiger charge is 2.15. The lowest BCUT2D eigenvalue weighted by Gasteiger charge is -2.12. The minimum absolute atomic E-state index is 0.00943. The molecule has 0 aromatic heterocycles. The van der Waals surface area contributed by atoms with Gasteiger partial charge in [-0.2, -0.15) is 0 Å². The highest BCUT2D eigenvalue weighted by molar-refractivity contribution is 6.00. The molecule has 0 radical (unpaired) electrons. The summed E-state index contributed by atoms with van der Waals surface area (Å²) in [6.45, 7) is 2.06. The average Bonchev–Trinajstić information content (AvgIpc) is 2.42. The fourth-order valence-corrected chi connectivity index (χ4v) is 1.91. The summed E-state index contributed by atoms with van der Waals surface area (Å²) in [5.74, 6) is -2.02. The smallest absolute Gasteiger partial charge is 0.338 e. The van der Waals surface area contributed by atoms with Gasteiger partial charge in [0.1, 0.15) is 6.29 Å². The van der Waals surface area contributed by atoms with Crippen molar-refractivity contribution in [2.45, 2.75) is 19.8 Å². The van der Waals surface area contributed by atoms with Crippen molar-refractivity contribution in [1.82, 2.24) is 0 Å². The van der Waals surface area contributed by atoms with Gasteiger partial charge in [-0.05, 0) is 31.0 Å². The van der Waals surface area contributed by atoms with Gasteiger partial charge in [0.15, 0.2) is 0 Å². The summed E-state index contributed by atoms with van der Waals surface area (Å²) < 4.78 is 0. The third-order valence-electron chi connectivity index (χ3n) is 2.77. The molecule has 1 rings (SSSR count). The Labute approximate surface area is 122 Å². The molecule has 1 aromatic carbocycles. The summed E-state index contributed by atoms with van der Waals surface area (Å²) in [4.78, 5) is 32.8. The van der Waals surface area contributed by atoms with E-state index in [2.05, 4.69) is 5.32 Å².